The first-order chi connectivity index (χ1) is 12.4. The van der Waals surface area contributed by atoms with Crippen LogP contribution in [0, 0.1) is 0 Å². The molecule has 26 heavy (non-hydrogen) atoms. The van der Waals surface area contributed by atoms with Crippen LogP contribution >= 0.6 is 0 Å². The van der Waals surface area contributed by atoms with Gasteiger partial charge in [-0.3, -0.25) is 4.79 Å². The van der Waals surface area contributed by atoms with Gasteiger partial charge in [0.15, 0.2) is 12.1 Å². The van der Waals surface area contributed by atoms with Crippen molar-refractivity contribution in [1.29, 1.82) is 0 Å². The number of aliphatic hydroxyl groups is 1. The minimum atomic E-state index is -0.956. The van der Waals surface area contributed by atoms with Crippen molar-refractivity contribution in [2.75, 3.05) is 13.2 Å². The number of nitrogens with one attached hydrogen (secondary N) is 1. The average Bonchev–Trinajstić information content (AvgIpc) is 2.59. The summed E-state index contributed by atoms with van der Waals surface area (Å²) in [6.45, 7) is 5.66. The number of ether oxygens (including phenoxy) is 4. The van der Waals surface area contributed by atoms with E-state index in [0.29, 0.717) is 19.6 Å². The number of carbonyl (C=O) groups is 1. The zero-order valence-corrected chi connectivity index (χ0v) is 15.4. The molecular weight excluding hydrogens is 338 g/mol. The van der Waals surface area contributed by atoms with Gasteiger partial charge in [-0.05, 0) is 25.8 Å². The third-order valence-corrected chi connectivity index (χ3v) is 4.57. The van der Waals surface area contributed by atoms with Crippen molar-refractivity contribution >= 4 is 5.91 Å². The molecule has 2 N–H and O–H groups in total. The molecule has 1 amide bonds. The van der Waals surface area contributed by atoms with Crippen LogP contribution in [0.4, 0.5) is 0 Å². The van der Waals surface area contributed by atoms with Crippen LogP contribution in [0.2, 0.25) is 0 Å². The van der Waals surface area contributed by atoms with E-state index in [4.69, 9.17) is 18.9 Å². The minimum Gasteiger partial charge on any atom is -0.388 e. The molecule has 0 unspecified atom stereocenters. The Balaban J connectivity index is 1.66. The Bertz CT molecular complexity index is 607. The van der Waals surface area contributed by atoms with Crippen LogP contribution < -0.4 is 5.32 Å². The summed E-state index contributed by atoms with van der Waals surface area (Å²) < 4.78 is 23.3. The van der Waals surface area contributed by atoms with Crippen LogP contribution in [0.3, 0.4) is 0 Å². The molecule has 7 heteroatoms. The van der Waals surface area contributed by atoms with Gasteiger partial charge < -0.3 is 29.4 Å². The molecule has 1 aromatic rings. The highest BCUT2D eigenvalue weighted by molar-refractivity contribution is 5.73. The van der Waals surface area contributed by atoms with Gasteiger partial charge in [0.05, 0.1) is 13.2 Å². The maximum absolute atomic E-state index is 11.6. The van der Waals surface area contributed by atoms with Crippen LogP contribution in [0.1, 0.15) is 26.3 Å². The number of hydrogen-bond donors (Lipinski definition) is 2. The quantitative estimate of drug-likeness (QED) is 0.809. The molecule has 3 rings (SSSR count). The van der Waals surface area contributed by atoms with Crippen LogP contribution in [-0.4, -0.2) is 60.7 Å². The molecule has 144 valence electrons. The van der Waals surface area contributed by atoms with Crippen LogP contribution in [0.15, 0.2) is 30.3 Å². The van der Waals surface area contributed by atoms with Gasteiger partial charge in [0.1, 0.15) is 24.4 Å². The van der Waals surface area contributed by atoms with Crippen molar-refractivity contribution in [3.8, 4) is 0 Å². The molecule has 0 aliphatic carbocycles. The second-order valence-electron chi connectivity index (χ2n) is 7.16. The fourth-order valence-electron chi connectivity index (χ4n) is 3.31. The molecule has 2 heterocycles. The third-order valence-electron chi connectivity index (χ3n) is 4.57. The van der Waals surface area contributed by atoms with E-state index in [1.54, 1.807) is 13.8 Å². The smallest absolute Gasteiger partial charge is 0.217 e. The Morgan fingerprint density at radius 2 is 2.08 bits per heavy atom. The summed E-state index contributed by atoms with van der Waals surface area (Å²) in [6, 6.07) is 9.23. The zero-order valence-electron chi connectivity index (χ0n) is 15.4. The van der Waals surface area contributed by atoms with Crippen molar-refractivity contribution in [2.45, 2.75) is 63.6 Å². The lowest BCUT2D eigenvalue weighted by atomic mass is 9.95. The van der Waals surface area contributed by atoms with Crippen molar-refractivity contribution in [3.63, 3.8) is 0 Å². The highest BCUT2D eigenvalue weighted by atomic mass is 16.8. The van der Waals surface area contributed by atoms with Gasteiger partial charge in [-0.1, -0.05) is 30.3 Å². The van der Waals surface area contributed by atoms with E-state index in [9.17, 15) is 9.90 Å². The Labute approximate surface area is 153 Å². The fraction of sp³-hybridized carbons (Fsp3) is 0.632. The van der Waals surface area contributed by atoms with E-state index in [-0.39, 0.29) is 5.91 Å². The van der Waals surface area contributed by atoms with Crippen LogP contribution in [-0.2, 0) is 30.2 Å². The molecule has 7 nitrogen and oxygen atoms in total. The molecule has 2 aliphatic rings. The Hall–Kier alpha value is -1.51. The molecule has 2 saturated heterocycles. The first kappa shape index (κ1) is 19.3. The number of aliphatic hydroxyl groups excluding tert-OH is 1. The van der Waals surface area contributed by atoms with Gasteiger partial charge in [0, 0.05) is 6.92 Å². The predicted octanol–water partition coefficient (Wildman–Crippen LogP) is 0.988. The summed E-state index contributed by atoms with van der Waals surface area (Å²) in [4.78, 5) is 11.6. The van der Waals surface area contributed by atoms with Crippen molar-refractivity contribution in [3.05, 3.63) is 35.9 Å². The predicted molar refractivity (Wildman–Crippen MR) is 93.3 cm³/mol. The second kappa shape index (κ2) is 8.02. The second-order valence-corrected chi connectivity index (χ2v) is 7.16. The van der Waals surface area contributed by atoms with Crippen molar-refractivity contribution < 1.29 is 28.8 Å². The monoisotopic (exact) mass is 365 g/mol. The van der Waals surface area contributed by atoms with Crippen LogP contribution in [0.5, 0.6) is 0 Å². The lowest BCUT2D eigenvalue weighted by Crippen LogP contribution is -2.68. The lowest BCUT2D eigenvalue weighted by molar-refractivity contribution is -0.368. The number of hydrogen-bond acceptors (Lipinski definition) is 6. The molecule has 0 bridgehead atoms. The molecule has 1 aromatic carbocycles. The Kier molecular flexibility index (Phi) is 5.94. The fourth-order valence-corrected chi connectivity index (χ4v) is 3.31. The number of benzene rings is 1. The normalized spacial score (nSPS) is 33.3. The third kappa shape index (κ3) is 4.61. The lowest BCUT2D eigenvalue weighted by Gasteiger charge is -2.49. The van der Waals surface area contributed by atoms with Crippen molar-refractivity contribution in [1.82, 2.24) is 5.32 Å². The van der Waals surface area contributed by atoms with Gasteiger partial charge in [0.2, 0.25) is 5.91 Å². The minimum absolute atomic E-state index is 0.265. The van der Waals surface area contributed by atoms with Gasteiger partial charge in [-0.2, -0.15) is 0 Å². The first-order valence-electron chi connectivity index (χ1n) is 8.94. The summed E-state index contributed by atoms with van der Waals surface area (Å²) in [5.74, 6) is -1.08. The van der Waals surface area contributed by atoms with E-state index in [0.717, 1.165) is 5.56 Å². The first-order valence-corrected chi connectivity index (χ1v) is 8.94. The highest BCUT2D eigenvalue weighted by Gasteiger charge is 2.51. The van der Waals surface area contributed by atoms with Crippen LogP contribution in [0.25, 0.3) is 0 Å². The maximum atomic E-state index is 11.6. The topological polar surface area (TPSA) is 86.3 Å². The molecule has 5 atom stereocenters. The van der Waals surface area contributed by atoms with E-state index in [1.165, 1.54) is 6.92 Å². The molecule has 0 radical (unpaired) electrons. The van der Waals surface area contributed by atoms with E-state index < -0.39 is 36.4 Å². The standard InChI is InChI=1S/C19H27NO6/c1-12(21)20-15-16(22)17-14(11-24-19(2,3)26-17)25-18(15)23-10-9-13-7-5-4-6-8-13/h4-8,14-18,22H,9-11H2,1-3H3,(H,20,21)/t14-,15+,16-,17-,18-/m0/s1. The molecule has 2 aliphatic heterocycles. The largest absolute Gasteiger partial charge is 0.388 e. The van der Waals surface area contributed by atoms with E-state index in [1.807, 2.05) is 30.3 Å². The number of amides is 1. The maximum Gasteiger partial charge on any atom is 0.217 e. The molecule has 0 aromatic heterocycles. The highest BCUT2D eigenvalue weighted by Crippen LogP contribution is 2.32. The Morgan fingerprint density at radius 1 is 1.35 bits per heavy atom. The molecule has 0 saturated carbocycles. The number of fused-ring (bicyclic) bond motifs is 1. The van der Waals surface area contributed by atoms with Gasteiger partial charge in [-0.15, -0.1) is 0 Å². The van der Waals surface area contributed by atoms with E-state index in [2.05, 4.69) is 5.32 Å². The molecule has 2 fully saturated rings. The Morgan fingerprint density at radius 3 is 2.77 bits per heavy atom. The van der Waals surface area contributed by atoms with Crippen molar-refractivity contribution in [2.24, 2.45) is 0 Å². The SMILES string of the molecule is CC(=O)N[C@H]1[C@@H](OCCc2ccccc2)O[C@H]2COC(C)(C)O[C@@H]2[C@H]1O. The van der Waals surface area contributed by atoms with Gasteiger partial charge in [0.25, 0.3) is 0 Å². The summed E-state index contributed by atoms with van der Waals surface area (Å²) in [7, 11) is 0. The zero-order chi connectivity index (χ0) is 18.7. The number of rotatable bonds is 5. The van der Waals surface area contributed by atoms with Gasteiger partial charge >= 0.3 is 0 Å². The summed E-state index contributed by atoms with van der Waals surface area (Å²) in [6.07, 6.45) is -2.07. The number of carbonyl (C=O) groups excluding carboxylic acids is 1. The summed E-state index contributed by atoms with van der Waals surface area (Å²) in [5, 5.41) is 13.5. The van der Waals surface area contributed by atoms with Gasteiger partial charge in [-0.25, -0.2) is 0 Å². The average molecular weight is 365 g/mol. The summed E-state index contributed by atoms with van der Waals surface area (Å²) >= 11 is 0. The molecular formula is C19H27NO6. The molecule has 0 spiro atoms. The van der Waals surface area contributed by atoms with E-state index >= 15 is 0 Å². The summed E-state index contributed by atoms with van der Waals surface area (Å²) in [5.41, 5.74) is 1.14.